The number of carbonyl (C=O) groups is 1. The number of hydrogen-bond acceptors (Lipinski definition) is 7. The predicted octanol–water partition coefficient (Wildman–Crippen LogP) is -1.99. The monoisotopic (exact) mass is 236 g/mol. The van der Waals surface area contributed by atoms with Crippen LogP contribution in [-0.4, -0.2) is 66.2 Å². The number of esters is 1. The molecule has 0 amide bonds. The van der Waals surface area contributed by atoms with E-state index in [9.17, 15) is 15.0 Å². The van der Waals surface area contributed by atoms with Crippen molar-refractivity contribution >= 4 is 5.97 Å². The first-order chi connectivity index (χ1) is 7.50. The maximum Gasteiger partial charge on any atom is 0.366 e. The number of ether oxygens (including phenoxy) is 3. The minimum absolute atomic E-state index is 0.256. The average molecular weight is 236 g/mol. The lowest BCUT2D eigenvalue weighted by Gasteiger charge is -2.41. The topological polar surface area (TPSA) is 105 Å². The largest absolute Gasteiger partial charge is 0.465 e. The van der Waals surface area contributed by atoms with E-state index in [-0.39, 0.29) is 6.42 Å². The zero-order chi connectivity index (χ0) is 12.3. The summed E-state index contributed by atoms with van der Waals surface area (Å²) >= 11 is 0. The molecule has 7 heteroatoms. The first-order valence-electron chi connectivity index (χ1n) is 4.79. The van der Waals surface area contributed by atoms with E-state index in [1.54, 1.807) is 0 Å². The van der Waals surface area contributed by atoms with Crippen molar-refractivity contribution in [2.24, 2.45) is 0 Å². The van der Waals surface area contributed by atoms with Gasteiger partial charge in [-0.05, 0) is 0 Å². The maximum atomic E-state index is 11.5. The molecule has 1 saturated heterocycles. The first-order valence-corrected chi connectivity index (χ1v) is 4.79. The van der Waals surface area contributed by atoms with E-state index in [2.05, 4.69) is 4.74 Å². The lowest BCUT2D eigenvalue weighted by molar-refractivity contribution is -0.307. The number of aliphatic hydroxyl groups excluding tert-OH is 3. The van der Waals surface area contributed by atoms with Gasteiger partial charge in [-0.3, -0.25) is 0 Å². The number of hydrogen-bond donors (Lipinski definition) is 3. The van der Waals surface area contributed by atoms with Crippen molar-refractivity contribution in [3.8, 4) is 0 Å². The molecule has 7 nitrogen and oxygen atoms in total. The number of aliphatic hydroxyl groups is 3. The molecule has 94 valence electrons. The highest BCUT2D eigenvalue weighted by Gasteiger charge is 2.52. The van der Waals surface area contributed by atoms with Crippen LogP contribution in [0.3, 0.4) is 0 Å². The Bertz CT molecular complexity index is 256. The Morgan fingerprint density at radius 1 is 1.50 bits per heavy atom. The summed E-state index contributed by atoms with van der Waals surface area (Å²) in [6.07, 6.45) is -3.85. The molecular formula is C9H16O7. The van der Waals surface area contributed by atoms with Gasteiger partial charge in [0.2, 0.25) is 0 Å². The summed E-state index contributed by atoms with van der Waals surface area (Å²) in [5.74, 6) is -2.60. The Kier molecular flexibility index (Phi) is 4.22. The Morgan fingerprint density at radius 3 is 2.56 bits per heavy atom. The molecular weight excluding hydrogens is 220 g/mol. The summed E-state index contributed by atoms with van der Waals surface area (Å²) in [6, 6.07) is 0. The molecule has 0 radical (unpaired) electrons. The van der Waals surface area contributed by atoms with Gasteiger partial charge in [-0.25, -0.2) is 4.79 Å². The Morgan fingerprint density at radius 2 is 2.12 bits per heavy atom. The molecule has 0 spiro atoms. The van der Waals surface area contributed by atoms with Crippen LogP contribution in [0.25, 0.3) is 0 Å². The van der Waals surface area contributed by atoms with Crippen LogP contribution in [0.5, 0.6) is 0 Å². The normalized spacial score (nSPS) is 39.4. The first kappa shape index (κ1) is 13.3. The van der Waals surface area contributed by atoms with Gasteiger partial charge < -0.3 is 29.5 Å². The van der Waals surface area contributed by atoms with Gasteiger partial charge in [0.15, 0.2) is 0 Å². The highest BCUT2D eigenvalue weighted by atomic mass is 16.7. The van der Waals surface area contributed by atoms with Crippen molar-refractivity contribution in [1.82, 2.24) is 0 Å². The zero-order valence-corrected chi connectivity index (χ0v) is 9.12. The molecule has 0 aromatic carbocycles. The van der Waals surface area contributed by atoms with Gasteiger partial charge in [-0.1, -0.05) is 0 Å². The Balaban J connectivity index is 2.91. The Labute approximate surface area is 92.5 Å². The van der Waals surface area contributed by atoms with Gasteiger partial charge in [0.05, 0.1) is 19.8 Å². The minimum Gasteiger partial charge on any atom is -0.465 e. The third kappa shape index (κ3) is 2.18. The second-order valence-electron chi connectivity index (χ2n) is 3.55. The molecule has 3 N–H and O–H groups in total. The number of methoxy groups -OCH3 is 2. The van der Waals surface area contributed by atoms with Crippen molar-refractivity contribution in [3.63, 3.8) is 0 Å². The second-order valence-corrected chi connectivity index (χ2v) is 3.55. The molecule has 0 aromatic heterocycles. The van der Waals surface area contributed by atoms with E-state index >= 15 is 0 Å². The van der Waals surface area contributed by atoms with E-state index in [0.29, 0.717) is 0 Å². The van der Waals surface area contributed by atoms with Crippen LogP contribution in [-0.2, 0) is 19.0 Å². The molecule has 1 aliphatic heterocycles. The fraction of sp³-hybridized carbons (Fsp3) is 0.889. The van der Waals surface area contributed by atoms with Gasteiger partial charge in [0.1, 0.15) is 12.2 Å². The molecule has 0 unspecified atom stereocenters. The highest BCUT2D eigenvalue weighted by molar-refractivity contribution is 5.78. The van der Waals surface area contributed by atoms with Crippen LogP contribution >= 0.6 is 0 Å². The fourth-order valence-electron chi connectivity index (χ4n) is 1.65. The van der Waals surface area contributed by atoms with Crippen molar-refractivity contribution in [1.29, 1.82) is 0 Å². The molecule has 0 saturated carbocycles. The van der Waals surface area contributed by atoms with Gasteiger partial charge in [0.25, 0.3) is 5.79 Å². The van der Waals surface area contributed by atoms with Gasteiger partial charge in [0, 0.05) is 13.5 Å². The summed E-state index contributed by atoms with van der Waals surface area (Å²) in [7, 11) is 2.37. The third-order valence-corrected chi connectivity index (χ3v) is 2.60. The highest BCUT2D eigenvalue weighted by Crippen LogP contribution is 2.31. The summed E-state index contributed by atoms with van der Waals surface area (Å²) in [4.78, 5) is 11.5. The fourth-order valence-corrected chi connectivity index (χ4v) is 1.65. The maximum absolute atomic E-state index is 11.5. The van der Waals surface area contributed by atoms with E-state index < -0.39 is 36.7 Å². The minimum atomic E-state index is -1.78. The van der Waals surface area contributed by atoms with E-state index in [0.717, 1.165) is 7.11 Å². The van der Waals surface area contributed by atoms with Gasteiger partial charge in [-0.15, -0.1) is 0 Å². The average Bonchev–Trinajstić information content (AvgIpc) is 2.31. The van der Waals surface area contributed by atoms with Crippen LogP contribution < -0.4 is 0 Å². The molecule has 1 rings (SSSR count). The lowest BCUT2D eigenvalue weighted by atomic mass is 9.95. The number of carbonyl (C=O) groups excluding carboxylic acids is 1. The standard InChI is InChI=1S/C9H16O7/c1-14-8(13)9(15-2)3-5(11)7(12)6(4-10)16-9/h5-7,10-12H,3-4H2,1-2H3/t5-,6-,7+,9-/m1/s1. The van der Waals surface area contributed by atoms with Crippen LogP contribution in [0.15, 0.2) is 0 Å². The molecule has 1 heterocycles. The van der Waals surface area contributed by atoms with Crippen LogP contribution in [0.1, 0.15) is 6.42 Å². The SMILES string of the molecule is COC(=O)[C@@]1(OC)C[C@@H](O)[C@H](O)[C@@H](CO)O1. The van der Waals surface area contributed by atoms with Crippen LogP contribution in [0.4, 0.5) is 0 Å². The van der Waals surface area contributed by atoms with Crippen molar-refractivity contribution in [3.05, 3.63) is 0 Å². The van der Waals surface area contributed by atoms with Gasteiger partial charge >= 0.3 is 5.97 Å². The van der Waals surface area contributed by atoms with Crippen molar-refractivity contribution < 1.29 is 34.3 Å². The summed E-state index contributed by atoms with van der Waals surface area (Å²) in [5.41, 5.74) is 0. The summed E-state index contributed by atoms with van der Waals surface area (Å²) in [6.45, 7) is -0.541. The predicted molar refractivity (Wildman–Crippen MR) is 50.3 cm³/mol. The zero-order valence-electron chi connectivity index (χ0n) is 9.12. The second kappa shape index (κ2) is 5.07. The van der Waals surface area contributed by atoms with Crippen molar-refractivity contribution in [2.45, 2.75) is 30.5 Å². The summed E-state index contributed by atoms with van der Waals surface area (Å²) in [5, 5.41) is 28.0. The summed E-state index contributed by atoms with van der Waals surface area (Å²) < 4.78 is 14.6. The lowest BCUT2D eigenvalue weighted by Crippen LogP contribution is -2.60. The molecule has 0 aliphatic carbocycles. The smallest absolute Gasteiger partial charge is 0.366 e. The van der Waals surface area contributed by atoms with E-state index in [1.807, 2.05) is 0 Å². The molecule has 1 fully saturated rings. The third-order valence-electron chi connectivity index (χ3n) is 2.60. The van der Waals surface area contributed by atoms with E-state index in [4.69, 9.17) is 14.6 Å². The van der Waals surface area contributed by atoms with Crippen molar-refractivity contribution in [2.75, 3.05) is 20.8 Å². The molecule has 0 bridgehead atoms. The van der Waals surface area contributed by atoms with Gasteiger partial charge in [-0.2, -0.15) is 0 Å². The van der Waals surface area contributed by atoms with Crippen LogP contribution in [0.2, 0.25) is 0 Å². The molecule has 0 aromatic rings. The Hall–Kier alpha value is -0.730. The van der Waals surface area contributed by atoms with Crippen LogP contribution in [0, 0.1) is 0 Å². The molecule has 4 atom stereocenters. The van der Waals surface area contributed by atoms with E-state index in [1.165, 1.54) is 7.11 Å². The quantitative estimate of drug-likeness (QED) is 0.487. The number of rotatable bonds is 3. The molecule has 1 aliphatic rings. The molecule has 16 heavy (non-hydrogen) atoms.